The second-order valence-corrected chi connectivity index (χ2v) is 4.41. The molecule has 0 aliphatic carbocycles. The number of aryl methyl sites for hydroxylation is 2. The molecule has 0 bridgehead atoms. The molecule has 1 aromatic heterocycles. The van der Waals surface area contributed by atoms with Gasteiger partial charge >= 0.3 is 5.97 Å². The van der Waals surface area contributed by atoms with Crippen LogP contribution in [0.15, 0.2) is 30.3 Å². The van der Waals surface area contributed by atoms with E-state index in [1.54, 1.807) is 14.0 Å². The molecule has 2 N–H and O–H groups in total. The fourth-order valence-electron chi connectivity index (χ4n) is 2.19. The molecule has 0 spiro atoms. The number of carboxylic acid groups (broad SMARTS) is 1. The van der Waals surface area contributed by atoms with Crippen molar-refractivity contribution in [3.8, 4) is 5.88 Å². The summed E-state index contributed by atoms with van der Waals surface area (Å²) >= 11 is 0. The van der Waals surface area contributed by atoms with E-state index in [9.17, 15) is 9.90 Å². The summed E-state index contributed by atoms with van der Waals surface area (Å²) < 4.78 is 6.80. The highest BCUT2D eigenvalue weighted by molar-refractivity contribution is 5.80. The van der Waals surface area contributed by atoms with Crippen molar-refractivity contribution in [1.29, 1.82) is 0 Å². The number of anilines is 1. The van der Waals surface area contributed by atoms with Crippen molar-refractivity contribution in [2.75, 3.05) is 12.4 Å². The number of carbonyl (C=O) groups is 1. The molecular formula is C14H17N3O3. The Morgan fingerprint density at radius 2 is 2.05 bits per heavy atom. The molecular weight excluding hydrogens is 258 g/mol. The van der Waals surface area contributed by atoms with Crippen LogP contribution >= 0.6 is 0 Å². The first-order valence-electron chi connectivity index (χ1n) is 6.16. The zero-order valence-corrected chi connectivity index (χ0v) is 11.6. The average Bonchev–Trinajstić information content (AvgIpc) is 2.70. The minimum absolute atomic E-state index is 0.443. The van der Waals surface area contributed by atoms with Gasteiger partial charge in [-0.2, -0.15) is 5.10 Å². The van der Waals surface area contributed by atoms with E-state index in [1.165, 1.54) is 11.8 Å². The van der Waals surface area contributed by atoms with Gasteiger partial charge < -0.3 is 15.2 Å². The van der Waals surface area contributed by atoms with Crippen LogP contribution in [0.5, 0.6) is 5.88 Å². The van der Waals surface area contributed by atoms with Crippen molar-refractivity contribution < 1.29 is 14.6 Å². The molecule has 1 atom stereocenters. The fraction of sp³-hybridized carbons (Fsp3) is 0.286. The maximum Gasteiger partial charge on any atom is 0.331 e. The lowest BCUT2D eigenvalue weighted by molar-refractivity contribution is -0.138. The number of para-hydroxylation sites is 1. The summed E-state index contributed by atoms with van der Waals surface area (Å²) in [7, 11) is 3.22. The van der Waals surface area contributed by atoms with Crippen molar-refractivity contribution in [3.05, 3.63) is 41.6 Å². The molecule has 0 aliphatic rings. The second kappa shape index (κ2) is 5.64. The Balaban J connectivity index is 2.42. The van der Waals surface area contributed by atoms with Crippen LogP contribution in [0, 0.1) is 6.92 Å². The van der Waals surface area contributed by atoms with E-state index in [0.29, 0.717) is 17.1 Å². The molecule has 2 rings (SSSR count). The van der Waals surface area contributed by atoms with Crippen molar-refractivity contribution in [3.63, 3.8) is 0 Å². The topological polar surface area (TPSA) is 76.4 Å². The van der Waals surface area contributed by atoms with Gasteiger partial charge in [-0.15, -0.1) is 0 Å². The number of nitrogens with zero attached hydrogens (tertiary/aromatic N) is 2. The predicted octanol–water partition coefficient (Wildman–Crippen LogP) is 1.97. The normalized spacial score (nSPS) is 11.9. The summed E-state index contributed by atoms with van der Waals surface area (Å²) in [5.74, 6) is -0.540. The average molecular weight is 275 g/mol. The van der Waals surface area contributed by atoms with Crippen molar-refractivity contribution in [2.45, 2.75) is 13.0 Å². The second-order valence-electron chi connectivity index (χ2n) is 4.41. The lowest BCUT2D eigenvalue weighted by atomic mass is 10.1. The van der Waals surface area contributed by atoms with Gasteiger partial charge in [0.25, 0.3) is 0 Å². The van der Waals surface area contributed by atoms with E-state index < -0.39 is 12.0 Å². The highest BCUT2D eigenvalue weighted by atomic mass is 16.5. The van der Waals surface area contributed by atoms with Gasteiger partial charge in [-0.05, 0) is 19.1 Å². The van der Waals surface area contributed by atoms with Crippen LogP contribution in [-0.2, 0) is 11.8 Å². The number of hydrogen-bond acceptors (Lipinski definition) is 4. The molecule has 0 radical (unpaired) electrons. The van der Waals surface area contributed by atoms with Crippen molar-refractivity contribution >= 4 is 11.7 Å². The summed E-state index contributed by atoms with van der Waals surface area (Å²) in [6, 6.07) is 8.27. The third-order valence-corrected chi connectivity index (χ3v) is 3.03. The third kappa shape index (κ3) is 2.59. The van der Waals surface area contributed by atoms with Crippen LogP contribution in [-0.4, -0.2) is 28.0 Å². The Morgan fingerprint density at radius 1 is 1.40 bits per heavy atom. The first kappa shape index (κ1) is 13.9. The number of benzene rings is 1. The van der Waals surface area contributed by atoms with E-state index >= 15 is 0 Å². The van der Waals surface area contributed by atoms with Crippen molar-refractivity contribution in [2.24, 2.45) is 7.05 Å². The van der Waals surface area contributed by atoms with Crippen LogP contribution < -0.4 is 10.1 Å². The number of aromatic nitrogens is 2. The fourth-order valence-corrected chi connectivity index (χ4v) is 2.19. The van der Waals surface area contributed by atoms with Gasteiger partial charge in [0.05, 0.1) is 18.4 Å². The summed E-state index contributed by atoms with van der Waals surface area (Å²) in [6.07, 6.45) is 0. The smallest absolute Gasteiger partial charge is 0.331 e. The molecule has 1 unspecified atom stereocenters. The maximum absolute atomic E-state index is 11.6. The minimum atomic E-state index is -0.983. The Kier molecular flexibility index (Phi) is 3.93. The number of hydrogen-bond donors (Lipinski definition) is 2. The predicted molar refractivity (Wildman–Crippen MR) is 74.9 cm³/mol. The third-order valence-electron chi connectivity index (χ3n) is 3.03. The number of ether oxygens (including phenoxy) is 1. The molecule has 1 heterocycles. The summed E-state index contributed by atoms with van der Waals surface area (Å²) in [5.41, 5.74) is 1.89. The molecule has 0 aliphatic heterocycles. The first-order valence-corrected chi connectivity index (χ1v) is 6.16. The number of nitrogens with one attached hydrogen (secondary N) is 1. The van der Waals surface area contributed by atoms with Crippen LogP contribution in [0.3, 0.4) is 0 Å². The Morgan fingerprint density at radius 3 is 2.60 bits per heavy atom. The molecule has 6 heteroatoms. The van der Waals surface area contributed by atoms with Crippen LogP contribution in [0.2, 0.25) is 0 Å². The first-order chi connectivity index (χ1) is 9.54. The summed E-state index contributed by atoms with van der Waals surface area (Å²) in [4.78, 5) is 11.6. The van der Waals surface area contributed by atoms with Gasteiger partial charge in [-0.3, -0.25) is 0 Å². The molecule has 0 fully saturated rings. The Hall–Kier alpha value is -2.50. The zero-order valence-electron chi connectivity index (χ0n) is 11.6. The number of methoxy groups -OCH3 is 1. The van der Waals surface area contributed by atoms with Gasteiger partial charge in [0.15, 0.2) is 6.04 Å². The molecule has 6 nitrogen and oxygen atoms in total. The van der Waals surface area contributed by atoms with E-state index in [-0.39, 0.29) is 0 Å². The molecule has 0 amide bonds. The SMILES string of the molecule is COc1c(C(Nc2ccccc2)C(=O)O)c(C)nn1C. The monoisotopic (exact) mass is 275 g/mol. The molecule has 20 heavy (non-hydrogen) atoms. The zero-order chi connectivity index (χ0) is 14.7. The van der Waals surface area contributed by atoms with Gasteiger partial charge in [0.2, 0.25) is 5.88 Å². The molecule has 106 valence electrons. The quantitative estimate of drug-likeness (QED) is 0.872. The van der Waals surface area contributed by atoms with Gasteiger partial charge in [-0.25, -0.2) is 9.48 Å². The molecule has 0 saturated carbocycles. The van der Waals surface area contributed by atoms with E-state index in [2.05, 4.69) is 10.4 Å². The highest BCUT2D eigenvalue weighted by Crippen LogP contribution is 2.30. The Labute approximate surface area is 117 Å². The van der Waals surface area contributed by atoms with E-state index in [1.807, 2.05) is 30.3 Å². The number of aliphatic carboxylic acids is 1. The largest absolute Gasteiger partial charge is 0.481 e. The molecule has 0 saturated heterocycles. The van der Waals surface area contributed by atoms with Crippen LogP contribution in [0.25, 0.3) is 0 Å². The van der Waals surface area contributed by atoms with Crippen molar-refractivity contribution in [1.82, 2.24) is 9.78 Å². The minimum Gasteiger partial charge on any atom is -0.481 e. The van der Waals surface area contributed by atoms with E-state index in [0.717, 1.165) is 5.69 Å². The lowest BCUT2D eigenvalue weighted by Gasteiger charge is -2.16. The molecule has 2 aromatic rings. The standard InChI is InChI=1S/C14H17N3O3/c1-9-11(13(20-3)17(2)16-9)12(14(18)19)15-10-7-5-4-6-8-10/h4-8,12,15H,1-3H3,(H,18,19). The molecule has 1 aromatic carbocycles. The van der Waals surface area contributed by atoms with Gasteiger partial charge in [0, 0.05) is 12.7 Å². The number of rotatable bonds is 5. The van der Waals surface area contributed by atoms with Gasteiger partial charge in [0.1, 0.15) is 0 Å². The summed E-state index contributed by atoms with van der Waals surface area (Å²) in [6.45, 7) is 1.76. The van der Waals surface area contributed by atoms with Crippen LogP contribution in [0.4, 0.5) is 5.69 Å². The lowest BCUT2D eigenvalue weighted by Crippen LogP contribution is -2.21. The van der Waals surface area contributed by atoms with Gasteiger partial charge in [-0.1, -0.05) is 18.2 Å². The Bertz CT molecular complexity index is 608. The van der Waals surface area contributed by atoms with Crippen LogP contribution in [0.1, 0.15) is 17.3 Å². The van der Waals surface area contributed by atoms with E-state index in [4.69, 9.17) is 4.74 Å². The maximum atomic E-state index is 11.6. The summed E-state index contributed by atoms with van der Waals surface area (Å²) in [5, 5.41) is 16.7. The highest BCUT2D eigenvalue weighted by Gasteiger charge is 2.28. The number of carboxylic acids is 1.